The zero-order chi connectivity index (χ0) is 11.9. The van der Waals surface area contributed by atoms with Gasteiger partial charge in [-0.2, -0.15) is 0 Å². The van der Waals surface area contributed by atoms with Gasteiger partial charge in [-0.1, -0.05) is 47.6 Å². The molecule has 2 aromatic carbocycles. The van der Waals surface area contributed by atoms with Gasteiger partial charge in [0.1, 0.15) is 12.4 Å². The Morgan fingerprint density at radius 1 is 1.00 bits per heavy atom. The van der Waals surface area contributed by atoms with Crippen molar-refractivity contribution in [1.82, 2.24) is 0 Å². The fraction of sp³-hybridized carbons (Fsp3) is 0.0714. The molecule has 0 aromatic heterocycles. The van der Waals surface area contributed by atoms with Crippen molar-refractivity contribution in [3.05, 3.63) is 71.5 Å². The highest BCUT2D eigenvalue weighted by Gasteiger charge is 1.91. The molecule has 0 aliphatic rings. The van der Waals surface area contributed by atoms with Crippen LogP contribution in [0.2, 0.25) is 0 Å². The lowest BCUT2D eigenvalue weighted by atomic mass is 10.2. The van der Waals surface area contributed by atoms with Gasteiger partial charge in [-0.15, -0.1) is 0 Å². The number of hydrogen-bond donors (Lipinski definition) is 0. The van der Waals surface area contributed by atoms with Gasteiger partial charge in [-0.05, 0) is 23.3 Å². The Balaban J connectivity index is 1.84. The quantitative estimate of drug-likeness (QED) is 0.581. The van der Waals surface area contributed by atoms with Crippen molar-refractivity contribution in [2.75, 3.05) is 0 Å². The number of oxime groups is 1. The minimum Gasteiger partial charge on any atom is -0.391 e. The van der Waals surface area contributed by atoms with Gasteiger partial charge < -0.3 is 4.84 Å². The van der Waals surface area contributed by atoms with Crippen LogP contribution in [0.5, 0.6) is 0 Å². The highest BCUT2D eigenvalue weighted by Crippen LogP contribution is 2.02. The molecule has 0 atom stereocenters. The lowest BCUT2D eigenvalue weighted by molar-refractivity contribution is 0.132. The van der Waals surface area contributed by atoms with Gasteiger partial charge in [-0.25, -0.2) is 4.39 Å². The molecule has 17 heavy (non-hydrogen) atoms. The Morgan fingerprint density at radius 2 is 1.71 bits per heavy atom. The number of rotatable bonds is 4. The Kier molecular flexibility index (Phi) is 3.86. The van der Waals surface area contributed by atoms with Crippen LogP contribution >= 0.6 is 0 Å². The second-order valence-electron chi connectivity index (χ2n) is 3.55. The van der Waals surface area contributed by atoms with Crippen molar-refractivity contribution in [3.63, 3.8) is 0 Å². The van der Waals surface area contributed by atoms with E-state index in [1.807, 2.05) is 30.3 Å². The first kappa shape index (κ1) is 11.3. The molecule has 0 aliphatic heterocycles. The van der Waals surface area contributed by atoms with E-state index in [1.165, 1.54) is 12.1 Å². The third kappa shape index (κ3) is 3.72. The smallest absolute Gasteiger partial charge is 0.142 e. The molecule has 0 saturated carbocycles. The Hall–Kier alpha value is -2.16. The van der Waals surface area contributed by atoms with Crippen LogP contribution in [0, 0.1) is 5.82 Å². The molecule has 0 bridgehead atoms. The van der Waals surface area contributed by atoms with E-state index in [4.69, 9.17) is 4.84 Å². The summed E-state index contributed by atoms with van der Waals surface area (Å²) < 4.78 is 12.6. The number of benzene rings is 2. The van der Waals surface area contributed by atoms with Gasteiger partial charge in [0.2, 0.25) is 0 Å². The van der Waals surface area contributed by atoms with Gasteiger partial charge in [0, 0.05) is 0 Å². The van der Waals surface area contributed by atoms with Crippen LogP contribution in [0.4, 0.5) is 4.39 Å². The van der Waals surface area contributed by atoms with Crippen LogP contribution in [-0.4, -0.2) is 6.21 Å². The van der Waals surface area contributed by atoms with Crippen molar-refractivity contribution in [3.8, 4) is 0 Å². The largest absolute Gasteiger partial charge is 0.391 e. The summed E-state index contributed by atoms with van der Waals surface area (Å²) in [5, 5.41) is 3.82. The molecule has 0 fully saturated rings. The first-order valence-electron chi connectivity index (χ1n) is 5.29. The van der Waals surface area contributed by atoms with E-state index in [-0.39, 0.29) is 5.82 Å². The number of hydrogen-bond acceptors (Lipinski definition) is 2. The van der Waals surface area contributed by atoms with Crippen molar-refractivity contribution in [2.24, 2.45) is 5.16 Å². The maximum Gasteiger partial charge on any atom is 0.142 e. The Labute approximate surface area is 99.3 Å². The minimum absolute atomic E-state index is 0.257. The summed E-state index contributed by atoms with van der Waals surface area (Å²) in [5.74, 6) is -0.257. The molecule has 0 radical (unpaired) electrons. The molecule has 0 spiro atoms. The maximum atomic E-state index is 12.6. The monoisotopic (exact) mass is 229 g/mol. The molecule has 2 aromatic rings. The molecular weight excluding hydrogens is 217 g/mol. The molecule has 2 nitrogen and oxygen atoms in total. The van der Waals surface area contributed by atoms with Crippen LogP contribution in [0.15, 0.2) is 59.8 Å². The lowest BCUT2D eigenvalue weighted by Crippen LogP contribution is -1.87. The topological polar surface area (TPSA) is 21.6 Å². The van der Waals surface area contributed by atoms with Crippen molar-refractivity contribution < 1.29 is 9.23 Å². The first-order valence-corrected chi connectivity index (χ1v) is 5.29. The second-order valence-corrected chi connectivity index (χ2v) is 3.55. The summed E-state index contributed by atoms with van der Waals surface area (Å²) in [6.45, 7) is 0.429. The molecule has 0 unspecified atom stereocenters. The normalized spacial score (nSPS) is 10.6. The number of nitrogens with zero attached hydrogens (tertiary/aromatic N) is 1. The van der Waals surface area contributed by atoms with Crippen molar-refractivity contribution in [2.45, 2.75) is 6.61 Å². The molecule has 86 valence electrons. The van der Waals surface area contributed by atoms with Gasteiger partial charge >= 0.3 is 0 Å². The third-order valence-electron chi connectivity index (χ3n) is 2.22. The van der Waals surface area contributed by atoms with Crippen LogP contribution in [-0.2, 0) is 11.4 Å². The van der Waals surface area contributed by atoms with Gasteiger partial charge in [0.15, 0.2) is 0 Å². The van der Waals surface area contributed by atoms with E-state index in [2.05, 4.69) is 5.16 Å². The lowest BCUT2D eigenvalue weighted by Gasteiger charge is -1.98. The fourth-order valence-corrected chi connectivity index (χ4v) is 1.33. The highest BCUT2D eigenvalue weighted by molar-refractivity contribution is 5.78. The van der Waals surface area contributed by atoms with Crippen LogP contribution in [0.1, 0.15) is 11.1 Å². The molecule has 0 aliphatic carbocycles. The first-order chi connectivity index (χ1) is 8.34. The molecule has 0 N–H and O–H groups in total. The van der Waals surface area contributed by atoms with Crippen LogP contribution in [0.25, 0.3) is 0 Å². The van der Waals surface area contributed by atoms with E-state index >= 15 is 0 Å². The highest BCUT2D eigenvalue weighted by atomic mass is 19.1. The van der Waals surface area contributed by atoms with Gasteiger partial charge in [-0.3, -0.25) is 0 Å². The number of halogens is 1. The van der Waals surface area contributed by atoms with Crippen LogP contribution in [0.3, 0.4) is 0 Å². The zero-order valence-electron chi connectivity index (χ0n) is 9.21. The summed E-state index contributed by atoms with van der Waals surface area (Å²) in [6.07, 6.45) is 1.56. The van der Waals surface area contributed by atoms with Crippen molar-refractivity contribution >= 4 is 6.21 Å². The second kappa shape index (κ2) is 5.80. The molecule has 0 amide bonds. The predicted molar refractivity (Wildman–Crippen MR) is 65.2 cm³/mol. The molecule has 3 heteroatoms. The Bertz CT molecular complexity index is 479. The van der Waals surface area contributed by atoms with E-state index in [0.29, 0.717) is 6.61 Å². The average molecular weight is 229 g/mol. The van der Waals surface area contributed by atoms with E-state index in [1.54, 1.807) is 18.3 Å². The summed E-state index contributed by atoms with van der Waals surface area (Å²) >= 11 is 0. The van der Waals surface area contributed by atoms with E-state index in [9.17, 15) is 4.39 Å². The predicted octanol–water partition coefficient (Wildman–Crippen LogP) is 3.38. The molecule has 0 heterocycles. The summed E-state index contributed by atoms with van der Waals surface area (Å²) in [5.41, 5.74) is 1.86. The fourth-order valence-electron chi connectivity index (χ4n) is 1.33. The molecular formula is C14H12FNO. The summed E-state index contributed by atoms with van der Waals surface area (Å²) in [4.78, 5) is 5.13. The minimum atomic E-state index is -0.257. The SMILES string of the molecule is Fc1ccc(C=NOCc2ccccc2)cc1. The van der Waals surface area contributed by atoms with E-state index in [0.717, 1.165) is 11.1 Å². The summed E-state index contributed by atoms with van der Waals surface area (Å²) in [7, 11) is 0. The average Bonchev–Trinajstić information content (AvgIpc) is 2.38. The summed E-state index contributed by atoms with van der Waals surface area (Å²) in [6, 6.07) is 15.8. The van der Waals surface area contributed by atoms with Gasteiger partial charge in [0.05, 0.1) is 6.21 Å². The van der Waals surface area contributed by atoms with E-state index < -0.39 is 0 Å². The Morgan fingerprint density at radius 3 is 2.41 bits per heavy atom. The zero-order valence-corrected chi connectivity index (χ0v) is 9.21. The standard InChI is InChI=1S/C14H12FNO/c15-14-8-6-12(7-9-14)10-16-17-11-13-4-2-1-3-5-13/h1-10H,11H2. The van der Waals surface area contributed by atoms with Gasteiger partial charge in [0.25, 0.3) is 0 Å². The maximum absolute atomic E-state index is 12.6. The third-order valence-corrected chi connectivity index (χ3v) is 2.22. The molecule has 2 rings (SSSR count). The molecule has 0 saturated heterocycles. The van der Waals surface area contributed by atoms with Crippen molar-refractivity contribution in [1.29, 1.82) is 0 Å². The van der Waals surface area contributed by atoms with Crippen LogP contribution < -0.4 is 0 Å².